The van der Waals surface area contributed by atoms with E-state index in [-0.39, 0.29) is 0 Å². The zero-order chi connectivity index (χ0) is 10.8. The van der Waals surface area contributed by atoms with Crippen LogP contribution in [0.5, 0.6) is 5.75 Å². The van der Waals surface area contributed by atoms with E-state index in [0.29, 0.717) is 5.02 Å². The van der Waals surface area contributed by atoms with Gasteiger partial charge in [0.15, 0.2) is 0 Å². The second-order valence-corrected chi connectivity index (χ2v) is 3.68. The van der Waals surface area contributed by atoms with E-state index in [1.165, 1.54) is 0 Å². The van der Waals surface area contributed by atoms with E-state index in [9.17, 15) is 0 Å². The molecule has 0 aliphatic heterocycles. The number of methoxy groups -OCH3 is 1. The number of halogens is 1. The molecule has 0 atom stereocenters. The van der Waals surface area contributed by atoms with Crippen LogP contribution in [0.4, 0.5) is 0 Å². The summed E-state index contributed by atoms with van der Waals surface area (Å²) in [7, 11) is 3.52. The highest BCUT2D eigenvalue weighted by molar-refractivity contribution is 6.31. The first-order valence-corrected chi connectivity index (χ1v) is 4.91. The summed E-state index contributed by atoms with van der Waals surface area (Å²) in [5.41, 5.74) is 1.95. The molecule has 1 heterocycles. The minimum Gasteiger partial charge on any atom is -0.496 e. The number of aryl methyl sites for hydroxylation is 1. The molecule has 2 rings (SSSR count). The number of benzene rings is 1. The van der Waals surface area contributed by atoms with E-state index in [2.05, 4.69) is 5.10 Å². The number of ether oxygens (including phenoxy) is 1. The molecule has 15 heavy (non-hydrogen) atoms. The van der Waals surface area contributed by atoms with Crippen molar-refractivity contribution >= 4 is 11.6 Å². The van der Waals surface area contributed by atoms with Crippen LogP contribution in [0.25, 0.3) is 11.1 Å². The molecule has 0 spiro atoms. The number of aromatic nitrogens is 2. The van der Waals surface area contributed by atoms with Crippen LogP contribution >= 0.6 is 11.6 Å². The van der Waals surface area contributed by atoms with Gasteiger partial charge in [-0.1, -0.05) is 11.6 Å². The average Bonchev–Trinajstić information content (AvgIpc) is 2.65. The normalized spacial score (nSPS) is 10.3. The number of rotatable bonds is 2. The van der Waals surface area contributed by atoms with Gasteiger partial charge in [-0.3, -0.25) is 4.68 Å². The highest BCUT2D eigenvalue weighted by Crippen LogP contribution is 2.31. The van der Waals surface area contributed by atoms with Gasteiger partial charge in [-0.15, -0.1) is 0 Å². The number of hydrogen-bond acceptors (Lipinski definition) is 2. The van der Waals surface area contributed by atoms with Crippen molar-refractivity contribution in [1.82, 2.24) is 9.78 Å². The lowest BCUT2D eigenvalue weighted by atomic mass is 10.1. The van der Waals surface area contributed by atoms with E-state index in [4.69, 9.17) is 16.3 Å². The third-order valence-electron chi connectivity index (χ3n) is 2.18. The fourth-order valence-electron chi connectivity index (χ4n) is 1.47. The molecule has 4 heteroatoms. The van der Waals surface area contributed by atoms with Gasteiger partial charge in [0, 0.05) is 29.4 Å². The predicted molar refractivity (Wildman–Crippen MR) is 60.2 cm³/mol. The van der Waals surface area contributed by atoms with Gasteiger partial charge in [0.05, 0.1) is 13.3 Å². The molecule has 0 bridgehead atoms. The molecule has 0 aliphatic rings. The summed E-state index contributed by atoms with van der Waals surface area (Å²) in [4.78, 5) is 0. The summed E-state index contributed by atoms with van der Waals surface area (Å²) in [5, 5.41) is 4.81. The van der Waals surface area contributed by atoms with Crippen molar-refractivity contribution in [3.05, 3.63) is 35.6 Å². The number of nitrogens with zero attached hydrogens (tertiary/aromatic N) is 2. The van der Waals surface area contributed by atoms with E-state index in [0.717, 1.165) is 16.9 Å². The molecule has 0 unspecified atom stereocenters. The highest BCUT2D eigenvalue weighted by atomic mass is 35.5. The van der Waals surface area contributed by atoms with Gasteiger partial charge in [0.2, 0.25) is 0 Å². The van der Waals surface area contributed by atoms with Gasteiger partial charge in [0.25, 0.3) is 0 Å². The van der Waals surface area contributed by atoms with E-state index >= 15 is 0 Å². The van der Waals surface area contributed by atoms with Crippen molar-refractivity contribution in [2.24, 2.45) is 7.05 Å². The topological polar surface area (TPSA) is 27.1 Å². The molecule has 0 aliphatic carbocycles. The zero-order valence-electron chi connectivity index (χ0n) is 8.57. The number of hydrogen-bond donors (Lipinski definition) is 0. The molecule has 1 aromatic carbocycles. The molecular weight excluding hydrogens is 212 g/mol. The fraction of sp³-hybridized carbons (Fsp3) is 0.182. The summed E-state index contributed by atoms with van der Waals surface area (Å²) in [6, 6.07) is 5.53. The monoisotopic (exact) mass is 222 g/mol. The quantitative estimate of drug-likeness (QED) is 0.781. The van der Waals surface area contributed by atoms with Gasteiger partial charge in [-0.25, -0.2) is 0 Å². The van der Waals surface area contributed by atoms with Crippen LogP contribution in [0, 0.1) is 0 Å². The third kappa shape index (κ3) is 1.97. The maximum Gasteiger partial charge on any atom is 0.126 e. The Morgan fingerprint density at radius 3 is 2.80 bits per heavy atom. The lowest BCUT2D eigenvalue weighted by Crippen LogP contribution is -1.87. The van der Waals surface area contributed by atoms with E-state index in [1.807, 2.05) is 25.4 Å². The molecule has 0 amide bonds. The highest BCUT2D eigenvalue weighted by Gasteiger charge is 2.07. The van der Waals surface area contributed by atoms with Gasteiger partial charge >= 0.3 is 0 Å². The average molecular weight is 223 g/mol. The van der Waals surface area contributed by atoms with Crippen LogP contribution in [0.2, 0.25) is 5.02 Å². The van der Waals surface area contributed by atoms with Crippen molar-refractivity contribution in [1.29, 1.82) is 0 Å². The van der Waals surface area contributed by atoms with Crippen molar-refractivity contribution < 1.29 is 4.74 Å². The molecule has 78 valence electrons. The Bertz CT molecular complexity index is 479. The Labute approximate surface area is 93.2 Å². The van der Waals surface area contributed by atoms with Crippen LogP contribution in [0.3, 0.4) is 0 Å². The van der Waals surface area contributed by atoms with Crippen LogP contribution in [0.1, 0.15) is 0 Å². The molecule has 0 saturated carbocycles. The summed E-state index contributed by atoms with van der Waals surface area (Å²) in [6.45, 7) is 0. The van der Waals surface area contributed by atoms with Crippen LogP contribution in [-0.4, -0.2) is 16.9 Å². The first kappa shape index (κ1) is 10.1. The van der Waals surface area contributed by atoms with Crippen molar-refractivity contribution in [2.75, 3.05) is 7.11 Å². The predicted octanol–water partition coefficient (Wildman–Crippen LogP) is 2.75. The van der Waals surface area contributed by atoms with Gasteiger partial charge in [0.1, 0.15) is 5.75 Å². The summed E-state index contributed by atoms with van der Waals surface area (Å²) in [6.07, 6.45) is 3.71. The first-order chi connectivity index (χ1) is 7.20. The Morgan fingerprint density at radius 1 is 1.40 bits per heavy atom. The maximum absolute atomic E-state index is 5.95. The first-order valence-electron chi connectivity index (χ1n) is 4.53. The smallest absolute Gasteiger partial charge is 0.126 e. The summed E-state index contributed by atoms with van der Waals surface area (Å²) < 4.78 is 7.01. The largest absolute Gasteiger partial charge is 0.496 e. The van der Waals surface area contributed by atoms with Crippen molar-refractivity contribution in [3.63, 3.8) is 0 Å². The zero-order valence-corrected chi connectivity index (χ0v) is 9.32. The molecular formula is C11H11ClN2O. The molecule has 0 saturated heterocycles. The molecule has 3 nitrogen and oxygen atoms in total. The van der Waals surface area contributed by atoms with Gasteiger partial charge < -0.3 is 4.74 Å². The summed E-state index contributed by atoms with van der Waals surface area (Å²) in [5.74, 6) is 0.799. The molecule has 2 aromatic rings. The second-order valence-electron chi connectivity index (χ2n) is 3.25. The molecule has 0 N–H and O–H groups in total. The van der Waals surface area contributed by atoms with Gasteiger partial charge in [-0.05, 0) is 18.2 Å². The Hall–Kier alpha value is -1.48. The van der Waals surface area contributed by atoms with Gasteiger partial charge in [-0.2, -0.15) is 5.10 Å². The third-order valence-corrected chi connectivity index (χ3v) is 2.41. The maximum atomic E-state index is 5.95. The van der Waals surface area contributed by atoms with E-state index in [1.54, 1.807) is 24.1 Å². The van der Waals surface area contributed by atoms with E-state index < -0.39 is 0 Å². The molecule has 0 radical (unpaired) electrons. The minimum absolute atomic E-state index is 0.689. The van der Waals surface area contributed by atoms with Crippen LogP contribution < -0.4 is 4.74 Å². The molecule has 1 aromatic heterocycles. The van der Waals surface area contributed by atoms with Crippen molar-refractivity contribution in [2.45, 2.75) is 0 Å². The Morgan fingerprint density at radius 2 is 2.20 bits per heavy atom. The standard InChI is InChI=1S/C11H11ClN2O/c1-14-7-8(6-13-14)10-5-9(12)3-4-11(10)15-2/h3-7H,1-2H3. The Kier molecular flexibility index (Phi) is 2.64. The van der Waals surface area contributed by atoms with Crippen LogP contribution in [0.15, 0.2) is 30.6 Å². The second kappa shape index (κ2) is 3.95. The SMILES string of the molecule is COc1ccc(Cl)cc1-c1cnn(C)c1. The fourth-order valence-corrected chi connectivity index (χ4v) is 1.64. The lowest BCUT2D eigenvalue weighted by Gasteiger charge is -2.06. The minimum atomic E-state index is 0.689. The Balaban J connectivity index is 2.55. The van der Waals surface area contributed by atoms with Crippen LogP contribution in [-0.2, 0) is 7.05 Å². The van der Waals surface area contributed by atoms with Crippen molar-refractivity contribution in [3.8, 4) is 16.9 Å². The molecule has 0 fully saturated rings. The lowest BCUT2D eigenvalue weighted by molar-refractivity contribution is 0.416. The summed E-state index contributed by atoms with van der Waals surface area (Å²) >= 11 is 5.95.